The number of rotatable bonds is 8. The topological polar surface area (TPSA) is 132 Å². The fourth-order valence-electron chi connectivity index (χ4n) is 4.79. The van der Waals surface area contributed by atoms with Crippen molar-refractivity contribution in [1.29, 1.82) is 5.26 Å². The molecule has 4 N–H and O–H groups in total. The maximum atomic E-state index is 12.9. The second kappa shape index (κ2) is 12.2. The van der Waals surface area contributed by atoms with Gasteiger partial charge in [0.25, 0.3) is 5.91 Å². The van der Waals surface area contributed by atoms with E-state index in [-0.39, 0.29) is 6.04 Å². The number of anilines is 2. The van der Waals surface area contributed by atoms with Crippen LogP contribution in [0, 0.1) is 16.7 Å². The van der Waals surface area contributed by atoms with E-state index in [2.05, 4.69) is 32.0 Å². The lowest BCUT2D eigenvalue weighted by molar-refractivity contribution is -0.245. The van der Waals surface area contributed by atoms with Crippen LogP contribution in [0.4, 0.5) is 24.8 Å². The molecule has 0 spiro atoms. The molecule has 2 fully saturated rings. The minimum atomic E-state index is -5.05. The van der Waals surface area contributed by atoms with Gasteiger partial charge in [0.05, 0.1) is 22.2 Å². The molecule has 1 atom stereocenters. The van der Waals surface area contributed by atoms with Crippen LogP contribution in [0.3, 0.4) is 0 Å². The third-order valence-electron chi connectivity index (χ3n) is 7.58. The lowest BCUT2D eigenvalue weighted by Gasteiger charge is -2.32. The predicted molar refractivity (Wildman–Crippen MR) is 144 cm³/mol. The molecule has 3 heterocycles. The molecule has 0 bridgehead atoms. The maximum absolute atomic E-state index is 12.9. The summed E-state index contributed by atoms with van der Waals surface area (Å²) in [5, 5.41) is 28.6. The predicted octanol–water partition coefficient (Wildman–Crippen LogP) is 4.68. The monoisotopic (exact) mass is 580 g/mol. The number of aliphatic hydroxyl groups is 1. The Hall–Kier alpha value is -3.14. The van der Waals surface area contributed by atoms with Crippen molar-refractivity contribution in [2.75, 3.05) is 30.4 Å². The molecule has 1 amide bonds. The van der Waals surface area contributed by atoms with Gasteiger partial charge in [0, 0.05) is 43.6 Å². The van der Waals surface area contributed by atoms with Gasteiger partial charge in [0.1, 0.15) is 11.6 Å². The molecular weight excluding hydrogens is 549 g/mol. The number of carbonyl (C=O) groups is 1. The lowest BCUT2D eigenvalue weighted by Crippen LogP contribution is -2.57. The van der Waals surface area contributed by atoms with Crippen molar-refractivity contribution in [3.05, 3.63) is 35.5 Å². The highest BCUT2D eigenvalue weighted by atomic mass is 35.5. The van der Waals surface area contributed by atoms with Crippen molar-refractivity contribution >= 4 is 29.1 Å². The van der Waals surface area contributed by atoms with Gasteiger partial charge in [-0.05, 0) is 63.6 Å². The Morgan fingerprint density at radius 1 is 1.20 bits per heavy atom. The molecule has 9 nitrogen and oxygen atoms in total. The number of alkyl halides is 3. The number of amides is 1. The number of hydrogen-bond donors (Lipinski definition) is 4. The van der Waals surface area contributed by atoms with Gasteiger partial charge in [-0.1, -0.05) is 17.7 Å². The van der Waals surface area contributed by atoms with Gasteiger partial charge in [-0.15, -0.1) is 0 Å². The number of aromatic nitrogens is 2. The van der Waals surface area contributed by atoms with Crippen molar-refractivity contribution in [3.8, 4) is 17.3 Å². The average molecular weight is 581 g/mol. The van der Waals surface area contributed by atoms with Crippen molar-refractivity contribution in [1.82, 2.24) is 15.3 Å². The van der Waals surface area contributed by atoms with E-state index in [1.165, 1.54) is 6.20 Å². The van der Waals surface area contributed by atoms with Crippen molar-refractivity contribution in [2.45, 2.75) is 69.3 Å². The second-order valence-corrected chi connectivity index (χ2v) is 11.0. The first-order chi connectivity index (χ1) is 18.9. The van der Waals surface area contributed by atoms with Gasteiger partial charge < -0.3 is 25.8 Å². The van der Waals surface area contributed by atoms with Crippen LogP contribution >= 0.6 is 11.6 Å². The summed E-state index contributed by atoms with van der Waals surface area (Å²) in [4.78, 5) is 21.0. The summed E-state index contributed by atoms with van der Waals surface area (Å²) in [6.07, 6.45) is -0.147. The summed E-state index contributed by atoms with van der Waals surface area (Å²) in [7, 11) is 0. The third kappa shape index (κ3) is 6.95. The van der Waals surface area contributed by atoms with Crippen LogP contribution in [0.5, 0.6) is 0 Å². The minimum absolute atomic E-state index is 0.0135. The molecule has 216 valence electrons. The van der Waals surface area contributed by atoms with E-state index in [0.29, 0.717) is 93.1 Å². The van der Waals surface area contributed by atoms with Crippen LogP contribution in [0.1, 0.15) is 45.4 Å². The average Bonchev–Trinajstić information content (AvgIpc) is 2.94. The van der Waals surface area contributed by atoms with Gasteiger partial charge in [-0.2, -0.15) is 18.4 Å². The molecule has 1 aliphatic heterocycles. The molecule has 13 heteroatoms. The van der Waals surface area contributed by atoms with Crippen molar-refractivity contribution in [2.24, 2.45) is 5.41 Å². The Kier molecular flexibility index (Phi) is 9.07. The second-order valence-electron chi connectivity index (χ2n) is 10.6. The normalized spacial score (nSPS) is 22.4. The summed E-state index contributed by atoms with van der Waals surface area (Å²) in [6.45, 7) is 2.02. The van der Waals surface area contributed by atoms with E-state index in [0.717, 1.165) is 0 Å². The molecule has 1 unspecified atom stereocenters. The van der Waals surface area contributed by atoms with Crippen molar-refractivity contribution in [3.63, 3.8) is 0 Å². The Bertz CT molecular complexity index is 1240. The Balaban J connectivity index is 1.36. The number of pyridine rings is 2. The molecule has 1 saturated heterocycles. The fraction of sp³-hybridized carbons (Fsp3) is 0.556. The van der Waals surface area contributed by atoms with E-state index in [4.69, 9.17) is 16.3 Å². The van der Waals surface area contributed by atoms with Gasteiger partial charge >= 0.3 is 6.18 Å². The summed E-state index contributed by atoms with van der Waals surface area (Å²) < 4.78 is 44.2. The first-order valence-corrected chi connectivity index (χ1v) is 13.5. The Morgan fingerprint density at radius 2 is 1.88 bits per heavy atom. The summed E-state index contributed by atoms with van der Waals surface area (Å²) in [5.41, 5.74) is -2.64. The number of hydrogen-bond acceptors (Lipinski definition) is 8. The molecule has 2 aromatic rings. The zero-order valence-electron chi connectivity index (χ0n) is 22.0. The third-order valence-corrected chi connectivity index (χ3v) is 7.89. The van der Waals surface area contributed by atoms with Crippen LogP contribution in [0.15, 0.2) is 30.5 Å². The first kappa shape index (κ1) is 29.8. The first-order valence-electron chi connectivity index (χ1n) is 13.1. The maximum Gasteiger partial charge on any atom is 0.426 e. The van der Waals surface area contributed by atoms with Crippen LogP contribution in [-0.2, 0) is 9.53 Å². The standard InChI is InChI=1S/C27H32ClF3N6O3/c1-25(39,27(29,30)31)24(38)36-18-7-5-17(6-8-18)35-23-13-19(20(28)14-33-23)21-3-2-4-22(37-21)34-16-26(15-32)9-11-40-12-10-26/h2-4,13-14,17-18,39H,5-12,16H2,1H3,(H,33,35)(H,34,37)(H,36,38). The molecule has 2 aliphatic rings. The van der Waals surface area contributed by atoms with Crippen LogP contribution in [0.25, 0.3) is 11.3 Å². The summed E-state index contributed by atoms with van der Waals surface area (Å²) in [5.74, 6) is -0.260. The Labute approximate surface area is 235 Å². The molecule has 4 rings (SSSR count). The van der Waals surface area contributed by atoms with Gasteiger partial charge in [0.15, 0.2) is 0 Å². The van der Waals surface area contributed by atoms with Gasteiger partial charge in [-0.25, -0.2) is 9.97 Å². The highest BCUT2D eigenvalue weighted by Crippen LogP contribution is 2.33. The summed E-state index contributed by atoms with van der Waals surface area (Å²) >= 11 is 6.46. The van der Waals surface area contributed by atoms with E-state index in [1.54, 1.807) is 6.07 Å². The van der Waals surface area contributed by atoms with Crippen LogP contribution in [-0.4, -0.2) is 64.6 Å². The highest BCUT2D eigenvalue weighted by molar-refractivity contribution is 6.33. The Morgan fingerprint density at radius 3 is 2.52 bits per heavy atom. The number of nitriles is 1. The number of nitrogens with one attached hydrogen (secondary N) is 3. The number of halogens is 4. The smallest absolute Gasteiger partial charge is 0.381 e. The number of nitrogens with zero attached hydrogens (tertiary/aromatic N) is 3. The van der Waals surface area contributed by atoms with Crippen LogP contribution < -0.4 is 16.0 Å². The van der Waals surface area contributed by atoms with Crippen LogP contribution in [0.2, 0.25) is 5.02 Å². The zero-order chi connectivity index (χ0) is 29.0. The van der Waals surface area contributed by atoms with E-state index in [9.17, 15) is 28.3 Å². The van der Waals surface area contributed by atoms with Gasteiger partial charge in [0.2, 0.25) is 5.60 Å². The molecule has 0 radical (unpaired) electrons. The number of ether oxygens (including phenoxy) is 1. The molecule has 1 saturated carbocycles. The number of carbonyl (C=O) groups excluding carboxylic acids is 1. The minimum Gasteiger partial charge on any atom is -0.381 e. The molecular formula is C27H32ClF3N6O3. The quantitative estimate of drug-likeness (QED) is 0.354. The van der Waals surface area contributed by atoms with Gasteiger partial charge in [-0.3, -0.25) is 4.79 Å². The fourth-order valence-corrected chi connectivity index (χ4v) is 4.99. The van der Waals surface area contributed by atoms with E-state index >= 15 is 0 Å². The van der Waals surface area contributed by atoms with E-state index in [1.807, 2.05) is 18.2 Å². The SMILES string of the molecule is CC(O)(C(=O)NC1CCC(Nc2cc(-c3cccc(NCC4(C#N)CCOCC4)n3)c(Cl)cn2)CC1)C(F)(F)F. The molecule has 40 heavy (non-hydrogen) atoms. The molecule has 2 aromatic heterocycles. The zero-order valence-corrected chi connectivity index (χ0v) is 22.8. The van der Waals surface area contributed by atoms with E-state index < -0.39 is 29.1 Å². The highest BCUT2D eigenvalue weighted by Gasteiger charge is 2.56. The largest absolute Gasteiger partial charge is 0.426 e. The molecule has 0 aromatic carbocycles. The summed E-state index contributed by atoms with van der Waals surface area (Å²) in [6, 6.07) is 9.25. The van der Waals surface area contributed by atoms with Crippen molar-refractivity contribution < 1.29 is 27.8 Å². The lowest BCUT2D eigenvalue weighted by atomic mass is 9.82. The molecule has 1 aliphatic carbocycles.